The molecule has 0 spiro atoms. The Balaban J connectivity index is 2.77. The van der Waals surface area contributed by atoms with Gasteiger partial charge >= 0.3 is 0 Å². The summed E-state index contributed by atoms with van der Waals surface area (Å²) in [6.45, 7) is 6.35. The smallest absolute Gasteiger partial charge is 0.115 e. The highest BCUT2D eigenvalue weighted by molar-refractivity contribution is 6.13. The van der Waals surface area contributed by atoms with E-state index in [1.165, 1.54) is 11.1 Å². The summed E-state index contributed by atoms with van der Waals surface area (Å²) in [6.07, 6.45) is 2.39. The maximum Gasteiger partial charge on any atom is 0.115 e. The molecule has 1 rings (SSSR count). The molecule has 1 unspecified atom stereocenters. The van der Waals surface area contributed by atoms with Crippen molar-refractivity contribution in [1.82, 2.24) is 0 Å². The van der Waals surface area contributed by atoms with Gasteiger partial charge in [-0.15, -0.1) is 0 Å². The highest BCUT2D eigenvalue weighted by Gasteiger charge is 2.25. The molecule has 0 saturated heterocycles. The molecule has 0 saturated carbocycles. The number of rotatable bonds is 2. The van der Waals surface area contributed by atoms with Gasteiger partial charge in [0, 0.05) is 6.00 Å². The first kappa shape index (κ1) is 8.86. The summed E-state index contributed by atoms with van der Waals surface area (Å²) < 4.78 is 5.53. The zero-order valence-electron chi connectivity index (χ0n) is 7.55. The van der Waals surface area contributed by atoms with Crippen molar-refractivity contribution >= 4 is 7.85 Å². The number of hydrogen-bond acceptors (Lipinski definition) is 1. The maximum atomic E-state index is 5.73. The van der Waals surface area contributed by atoms with Gasteiger partial charge in [0.15, 0.2) is 0 Å². The van der Waals surface area contributed by atoms with Crippen molar-refractivity contribution in [2.45, 2.75) is 45.7 Å². The van der Waals surface area contributed by atoms with Gasteiger partial charge in [-0.1, -0.05) is 19.4 Å². The molecule has 1 heterocycles. The summed E-state index contributed by atoms with van der Waals surface area (Å²) in [4.78, 5) is 0. The molecule has 1 aliphatic heterocycles. The van der Waals surface area contributed by atoms with Crippen LogP contribution in [0.1, 0.15) is 33.6 Å². The second-order valence-electron chi connectivity index (χ2n) is 3.02. The minimum atomic E-state index is -0.144. The van der Waals surface area contributed by atoms with E-state index in [1.807, 2.05) is 0 Å². The van der Waals surface area contributed by atoms with Crippen LogP contribution >= 0.6 is 0 Å². The van der Waals surface area contributed by atoms with Gasteiger partial charge in [-0.2, -0.15) is 0 Å². The highest BCUT2D eigenvalue weighted by atomic mass is 16.5. The molecule has 0 N–H and O–H groups in total. The van der Waals surface area contributed by atoms with Crippen LogP contribution in [0.25, 0.3) is 0 Å². The molecule has 0 aromatic rings. The van der Waals surface area contributed by atoms with Crippen LogP contribution in [0.15, 0.2) is 11.1 Å². The highest BCUT2D eigenvalue weighted by Crippen LogP contribution is 2.29. The molecule has 2 heteroatoms. The standard InChI is InChI=1S/C9H15BO/c1-4-7-6(3)9(10)11-8(7)5-2/h8-9H,4-5H2,1-3H3/t8?,9-/m1/s1. The van der Waals surface area contributed by atoms with Crippen molar-refractivity contribution in [3.8, 4) is 0 Å². The molecule has 1 aliphatic rings. The Morgan fingerprint density at radius 3 is 2.45 bits per heavy atom. The van der Waals surface area contributed by atoms with Crippen molar-refractivity contribution in [2.24, 2.45) is 0 Å². The SMILES string of the molecule is [B][C@@H]1OC(CC)C(CC)=C1C. The topological polar surface area (TPSA) is 9.23 Å². The van der Waals surface area contributed by atoms with E-state index in [2.05, 4.69) is 20.8 Å². The average Bonchev–Trinajstić information content (AvgIpc) is 2.28. The maximum absolute atomic E-state index is 5.73. The first-order chi connectivity index (χ1) is 5.20. The third kappa shape index (κ3) is 1.51. The fourth-order valence-electron chi connectivity index (χ4n) is 1.65. The summed E-state index contributed by atoms with van der Waals surface area (Å²) in [7, 11) is 5.73. The van der Waals surface area contributed by atoms with Gasteiger partial charge in [0.2, 0.25) is 0 Å². The van der Waals surface area contributed by atoms with Gasteiger partial charge in [-0.25, -0.2) is 0 Å². The second-order valence-corrected chi connectivity index (χ2v) is 3.02. The molecule has 2 atom stereocenters. The Labute approximate surface area is 70.2 Å². The van der Waals surface area contributed by atoms with Crippen LogP contribution in [-0.4, -0.2) is 20.0 Å². The monoisotopic (exact) mass is 150 g/mol. The molecule has 60 valence electrons. The van der Waals surface area contributed by atoms with Crippen molar-refractivity contribution in [3.05, 3.63) is 11.1 Å². The lowest BCUT2D eigenvalue weighted by Gasteiger charge is -2.11. The summed E-state index contributed by atoms with van der Waals surface area (Å²) >= 11 is 0. The number of ether oxygens (including phenoxy) is 1. The minimum absolute atomic E-state index is 0.144. The van der Waals surface area contributed by atoms with Gasteiger partial charge < -0.3 is 4.74 Å². The van der Waals surface area contributed by atoms with Crippen LogP contribution in [0.4, 0.5) is 0 Å². The molecule has 0 amide bonds. The lowest BCUT2D eigenvalue weighted by Crippen LogP contribution is -2.13. The second kappa shape index (κ2) is 3.44. The fourth-order valence-corrected chi connectivity index (χ4v) is 1.65. The lowest BCUT2D eigenvalue weighted by molar-refractivity contribution is 0.0923. The van der Waals surface area contributed by atoms with Gasteiger partial charge in [0.25, 0.3) is 0 Å². The lowest BCUT2D eigenvalue weighted by atomic mass is 9.90. The zero-order valence-corrected chi connectivity index (χ0v) is 7.55. The van der Waals surface area contributed by atoms with Crippen LogP contribution in [-0.2, 0) is 4.74 Å². The predicted molar refractivity (Wildman–Crippen MR) is 47.7 cm³/mol. The minimum Gasteiger partial charge on any atom is -0.376 e. The zero-order chi connectivity index (χ0) is 8.43. The Hall–Kier alpha value is -0.235. The first-order valence-corrected chi connectivity index (χ1v) is 4.31. The van der Waals surface area contributed by atoms with Crippen LogP contribution in [0.3, 0.4) is 0 Å². The van der Waals surface area contributed by atoms with Crippen LogP contribution < -0.4 is 0 Å². The van der Waals surface area contributed by atoms with Crippen LogP contribution in [0.2, 0.25) is 0 Å². The molecule has 0 bridgehead atoms. The molecule has 0 fully saturated rings. The molecule has 0 aliphatic carbocycles. The Morgan fingerprint density at radius 1 is 1.45 bits per heavy atom. The molecular weight excluding hydrogens is 135 g/mol. The van der Waals surface area contributed by atoms with E-state index in [1.54, 1.807) is 0 Å². The quantitative estimate of drug-likeness (QED) is 0.432. The summed E-state index contributed by atoms with van der Waals surface area (Å²) in [5.41, 5.74) is 2.64. The third-order valence-corrected chi connectivity index (χ3v) is 2.38. The van der Waals surface area contributed by atoms with Gasteiger partial charge in [0.05, 0.1) is 6.10 Å². The third-order valence-electron chi connectivity index (χ3n) is 2.38. The van der Waals surface area contributed by atoms with Crippen LogP contribution in [0.5, 0.6) is 0 Å². The first-order valence-electron chi connectivity index (χ1n) is 4.31. The van der Waals surface area contributed by atoms with Gasteiger partial charge in [-0.05, 0) is 25.3 Å². The fraction of sp³-hybridized carbons (Fsp3) is 0.778. The van der Waals surface area contributed by atoms with Gasteiger partial charge in [-0.3, -0.25) is 0 Å². The molecule has 0 aromatic carbocycles. The van der Waals surface area contributed by atoms with E-state index in [9.17, 15) is 0 Å². The summed E-state index contributed by atoms with van der Waals surface area (Å²) in [6, 6.07) is -0.144. The van der Waals surface area contributed by atoms with Crippen molar-refractivity contribution < 1.29 is 4.74 Å². The van der Waals surface area contributed by atoms with Crippen molar-refractivity contribution in [2.75, 3.05) is 0 Å². The van der Waals surface area contributed by atoms with E-state index in [4.69, 9.17) is 12.6 Å². The Morgan fingerprint density at radius 2 is 2.09 bits per heavy atom. The van der Waals surface area contributed by atoms with E-state index < -0.39 is 0 Å². The molecule has 0 aromatic heterocycles. The Kier molecular flexibility index (Phi) is 2.77. The van der Waals surface area contributed by atoms with Crippen LogP contribution in [0, 0.1) is 0 Å². The van der Waals surface area contributed by atoms with Crippen molar-refractivity contribution in [1.29, 1.82) is 0 Å². The predicted octanol–water partition coefficient (Wildman–Crippen LogP) is 2.02. The molecule has 11 heavy (non-hydrogen) atoms. The molecule has 1 nitrogen and oxygen atoms in total. The average molecular weight is 150 g/mol. The summed E-state index contributed by atoms with van der Waals surface area (Å²) in [5, 5.41) is 0. The Bertz CT molecular complexity index is 174. The van der Waals surface area contributed by atoms with Crippen molar-refractivity contribution in [3.63, 3.8) is 0 Å². The molecule has 2 radical (unpaired) electrons. The van der Waals surface area contributed by atoms with E-state index >= 15 is 0 Å². The normalized spacial score (nSPS) is 31.5. The van der Waals surface area contributed by atoms with Gasteiger partial charge in [0.1, 0.15) is 7.85 Å². The van der Waals surface area contributed by atoms with E-state index in [0.29, 0.717) is 0 Å². The molecular formula is C9H15BO. The van der Waals surface area contributed by atoms with E-state index in [0.717, 1.165) is 12.8 Å². The van der Waals surface area contributed by atoms with E-state index in [-0.39, 0.29) is 12.1 Å². The largest absolute Gasteiger partial charge is 0.376 e. The summed E-state index contributed by atoms with van der Waals surface area (Å²) in [5.74, 6) is 0. The number of hydrogen-bond donors (Lipinski definition) is 0.